The smallest absolute Gasteiger partial charge is 0.274 e. The summed E-state index contributed by atoms with van der Waals surface area (Å²) in [6.45, 7) is 1.51. The first-order chi connectivity index (χ1) is 13.3. The van der Waals surface area contributed by atoms with Crippen LogP contribution in [0.3, 0.4) is 0 Å². The summed E-state index contributed by atoms with van der Waals surface area (Å²) in [4.78, 5) is 15.1. The van der Waals surface area contributed by atoms with Gasteiger partial charge in [-0.1, -0.05) is 30.3 Å². The minimum atomic E-state index is 0.0693. The van der Waals surface area contributed by atoms with E-state index >= 15 is 0 Å². The first-order valence-corrected chi connectivity index (χ1v) is 9.75. The molecule has 1 aliphatic heterocycles. The van der Waals surface area contributed by atoms with Crippen LogP contribution in [0.5, 0.6) is 0 Å². The molecule has 1 atom stereocenters. The first-order valence-electron chi connectivity index (χ1n) is 9.75. The molecule has 27 heavy (non-hydrogen) atoms. The molecule has 2 N–H and O–H groups in total. The summed E-state index contributed by atoms with van der Waals surface area (Å²) in [5, 5.41) is 14.9. The van der Waals surface area contributed by atoms with Crippen molar-refractivity contribution in [3.05, 3.63) is 59.2 Å². The number of nitrogens with zero attached hydrogens (tertiary/aromatic N) is 3. The number of benzene rings is 1. The van der Waals surface area contributed by atoms with Gasteiger partial charge in [-0.25, -0.2) is 0 Å². The van der Waals surface area contributed by atoms with E-state index in [0.717, 1.165) is 66.7 Å². The summed E-state index contributed by atoms with van der Waals surface area (Å²) in [6.07, 6.45) is 7.03. The third-order valence-electron chi connectivity index (χ3n) is 5.88. The number of aryl methyl sites for hydroxylation is 1. The van der Waals surface area contributed by atoms with Gasteiger partial charge in [0.25, 0.3) is 5.91 Å². The standard InChI is InChI=1S/C21H23N5O/c27-21(20-16-9-4-10-18(16)23-25-20)26-11-5-8-15(13-26)19-17(12-22-24-19)14-6-2-1-3-7-14/h1-3,6-7,12,15H,4-5,8-11,13H2,(H,22,24)(H,23,25). The highest BCUT2D eigenvalue weighted by Crippen LogP contribution is 2.34. The Kier molecular flexibility index (Phi) is 4.03. The van der Waals surface area contributed by atoms with Crippen LogP contribution in [0.4, 0.5) is 0 Å². The Morgan fingerprint density at radius 1 is 1.11 bits per heavy atom. The molecule has 2 aromatic heterocycles. The molecule has 0 spiro atoms. The number of nitrogens with one attached hydrogen (secondary N) is 2. The van der Waals surface area contributed by atoms with Crippen LogP contribution < -0.4 is 0 Å². The Bertz CT molecular complexity index is 958. The van der Waals surface area contributed by atoms with E-state index in [2.05, 4.69) is 32.5 Å². The van der Waals surface area contributed by atoms with Gasteiger partial charge in [0.15, 0.2) is 5.69 Å². The molecule has 3 heterocycles. The van der Waals surface area contributed by atoms with E-state index < -0.39 is 0 Å². The fraction of sp³-hybridized carbons (Fsp3) is 0.381. The summed E-state index contributed by atoms with van der Waals surface area (Å²) in [7, 11) is 0. The van der Waals surface area contributed by atoms with Crippen LogP contribution in [0.1, 0.15) is 52.6 Å². The SMILES string of the molecule is O=C(c1n[nH]c2c1CCC2)N1CCCC(c2[nH]ncc2-c2ccccc2)C1. The van der Waals surface area contributed by atoms with E-state index in [0.29, 0.717) is 12.2 Å². The van der Waals surface area contributed by atoms with Gasteiger partial charge in [-0.2, -0.15) is 10.2 Å². The Hall–Kier alpha value is -2.89. The maximum atomic E-state index is 13.1. The molecular weight excluding hydrogens is 338 g/mol. The van der Waals surface area contributed by atoms with Crippen molar-refractivity contribution in [3.8, 4) is 11.1 Å². The number of amides is 1. The predicted octanol–water partition coefficient (Wildman–Crippen LogP) is 3.31. The maximum Gasteiger partial charge on any atom is 0.274 e. The van der Waals surface area contributed by atoms with Crippen LogP contribution in [-0.2, 0) is 12.8 Å². The van der Waals surface area contributed by atoms with Crippen molar-refractivity contribution in [3.63, 3.8) is 0 Å². The highest BCUT2D eigenvalue weighted by Gasteiger charge is 2.31. The van der Waals surface area contributed by atoms with E-state index in [1.165, 1.54) is 0 Å². The number of fused-ring (bicyclic) bond motifs is 1. The Morgan fingerprint density at radius 2 is 2.00 bits per heavy atom. The molecule has 5 rings (SSSR count). The zero-order valence-electron chi connectivity index (χ0n) is 15.2. The molecule has 1 aromatic carbocycles. The topological polar surface area (TPSA) is 77.7 Å². The largest absolute Gasteiger partial charge is 0.337 e. The summed E-state index contributed by atoms with van der Waals surface area (Å²) >= 11 is 0. The van der Waals surface area contributed by atoms with E-state index in [1.54, 1.807) is 0 Å². The molecule has 138 valence electrons. The average Bonchev–Trinajstić information content (AvgIpc) is 3.45. The van der Waals surface area contributed by atoms with Crippen LogP contribution in [0.25, 0.3) is 11.1 Å². The number of H-pyrrole nitrogens is 2. The Balaban J connectivity index is 1.39. The Labute approximate surface area is 158 Å². The van der Waals surface area contributed by atoms with Gasteiger partial charge in [-0.3, -0.25) is 15.0 Å². The van der Waals surface area contributed by atoms with Crippen LogP contribution in [0.15, 0.2) is 36.5 Å². The van der Waals surface area contributed by atoms with Crippen molar-refractivity contribution in [2.24, 2.45) is 0 Å². The van der Waals surface area contributed by atoms with Crippen molar-refractivity contribution in [1.82, 2.24) is 25.3 Å². The predicted molar refractivity (Wildman–Crippen MR) is 103 cm³/mol. The Morgan fingerprint density at radius 3 is 2.89 bits per heavy atom. The fourth-order valence-electron chi connectivity index (χ4n) is 4.50. The van der Waals surface area contributed by atoms with Crippen molar-refractivity contribution >= 4 is 5.91 Å². The van der Waals surface area contributed by atoms with Gasteiger partial charge in [-0.05, 0) is 37.7 Å². The van der Waals surface area contributed by atoms with Gasteiger partial charge in [0.1, 0.15) is 0 Å². The summed E-state index contributed by atoms with van der Waals surface area (Å²) < 4.78 is 0. The molecule has 1 unspecified atom stereocenters. The molecule has 1 fully saturated rings. The number of likely N-dealkylation sites (tertiary alicyclic amines) is 1. The van der Waals surface area contributed by atoms with Gasteiger partial charge >= 0.3 is 0 Å². The van der Waals surface area contributed by atoms with E-state index in [1.807, 2.05) is 29.3 Å². The van der Waals surface area contributed by atoms with Crippen molar-refractivity contribution in [2.45, 2.75) is 38.0 Å². The molecule has 0 saturated carbocycles. The molecule has 6 nitrogen and oxygen atoms in total. The van der Waals surface area contributed by atoms with Gasteiger partial charge in [0.2, 0.25) is 0 Å². The molecule has 1 amide bonds. The van der Waals surface area contributed by atoms with Crippen LogP contribution in [0, 0.1) is 0 Å². The third-order valence-corrected chi connectivity index (χ3v) is 5.88. The summed E-state index contributed by atoms with van der Waals surface area (Å²) in [6, 6.07) is 10.3. The average molecular weight is 361 g/mol. The van der Waals surface area contributed by atoms with Gasteiger partial charge in [-0.15, -0.1) is 0 Å². The summed E-state index contributed by atoms with van der Waals surface area (Å²) in [5.41, 5.74) is 6.34. The number of aromatic nitrogens is 4. The molecule has 0 radical (unpaired) electrons. The lowest BCUT2D eigenvalue weighted by molar-refractivity contribution is 0.0699. The second-order valence-corrected chi connectivity index (χ2v) is 7.54. The second kappa shape index (κ2) is 6.68. The lowest BCUT2D eigenvalue weighted by Crippen LogP contribution is -2.39. The summed E-state index contributed by atoms with van der Waals surface area (Å²) in [5.74, 6) is 0.340. The monoisotopic (exact) mass is 361 g/mol. The zero-order chi connectivity index (χ0) is 18.2. The number of rotatable bonds is 3. The maximum absolute atomic E-state index is 13.1. The first kappa shape index (κ1) is 16.3. The van der Waals surface area contributed by atoms with Crippen molar-refractivity contribution in [1.29, 1.82) is 0 Å². The number of aromatic amines is 2. The minimum Gasteiger partial charge on any atom is -0.337 e. The van der Waals surface area contributed by atoms with E-state index in [9.17, 15) is 4.79 Å². The zero-order valence-corrected chi connectivity index (χ0v) is 15.2. The van der Waals surface area contributed by atoms with Gasteiger partial charge < -0.3 is 4.90 Å². The van der Waals surface area contributed by atoms with Crippen molar-refractivity contribution in [2.75, 3.05) is 13.1 Å². The molecule has 1 saturated heterocycles. The number of hydrogen-bond acceptors (Lipinski definition) is 3. The molecular formula is C21H23N5O. The molecule has 2 aliphatic rings. The normalized spacial score (nSPS) is 19.3. The van der Waals surface area contributed by atoms with Crippen molar-refractivity contribution < 1.29 is 4.79 Å². The van der Waals surface area contributed by atoms with Gasteiger partial charge in [0, 0.05) is 41.5 Å². The molecule has 0 bridgehead atoms. The number of piperidine rings is 1. The number of carbonyl (C=O) groups excluding carboxylic acids is 1. The quantitative estimate of drug-likeness (QED) is 0.751. The highest BCUT2D eigenvalue weighted by atomic mass is 16.2. The van der Waals surface area contributed by atoms with Gasteiger partial charge in [0.05, 0.1) is 6.20 Å². The lowest BCUT2D eigenvalue weighted by Gasteiger charge is -2.32. The minimum absolute atomic E-state index is 0.0693. The molecule has 3 aromatic rings. The van der Waals surface area contributed by atoms with Crippen LogP contribution >= 0.6 is 0 Å². The van der Waals surface area contributed by atoms with Crippen LogP contribution in [-0.4, -0.2) is 44.3 Å². The lowest BCUT2D eigenvalue weighted by atomic mass is 9.90. The van der Waals surface area contributed by atoms with E-state index in [4.69, 9.17) is 0 Å². The van der Waals surface area contributed by atoms with E-state index in [-0.39, 0.29) is 11.8 Å². The fourth-order valence-corrected chi connectivity index (χ4v) is 4.50. The third kappa shape index (κ3) is 2.85. The number of carbonyl (C=O) groups is 1. The number of hydrogen-bond donors (Lipinski definition) is 2. The highest BCUT2D eigenvalue weighted by molar-refractivity contribution is 5.94. The molecule has 6 heteroatoms. The molecule has 1 aliphatic carbocycles. The van der Waals surface area contributed by atoms with Crippen LogP contribution in [0.2, 0.25) is 0 Å². The second-order valence-electron chi connectivity index (χ2n) is 7.54.